The van der Waals surface area contributed by atoms with Gasteiger partial charge in [-0.25, -0.2) is 8.42 Å². The van der Waals surface area contributed by atoms with Gasteiger partial charge in [-0.2, -0.15) is 0 Å². The molecule has 0 bridgehead atoms. The van der Waals surface area contributed by atoms with Crippen LogP contribution in [0.25, 0.3) is 21.9 Å². The van der Waals surface area contributed by atoms with Gasteiger partial charge in [0.05, 0.1) is 14.2 Å². The van der Waals surface area contributed by atoms with Crippen LogP contribution in [0.3, 0.4) is 0 Å². The molecule has 5 rings (SSSR count). The summed E-state index contributed by atoms with van der Waals surface area (Å²) in [5.74, 6) is 3.14. The van der Waals surface area contributed by atoms with Crippen molar-refractivity contribution in [3.63, 3.8) is 0 Å². The third-order valence-corrected chi connectivity index (χ3v) is 8.36. The lowest BCUT2D eigenvalue weighted by atomic mass is 9.99. The lowest BCUT2D eigenvalue weighted by Gasteiger charge is -2.26. The lowest BCUT2D eigenvalue weighted by Crippen LogP contribution is -2.33. The van der Waals surface area contributed by atoms with Gasteiger partial charge in [0.1, 0.15) is 40.2 Å². The molecule has 1 saturated heterocycles. The average molecular weight is 562 g/mol. The maximum absolute atomic E-state index is 12.2. The largest absolute Gasteiger partial charge is 0.497 e. The maximum atomic E-state index is 12.2. The predicted octanol–water partition coefficient (Wildman–Crippen LogP) is 6.58. The quantitative estimate of drug-likeness (QED) is 0.216. The summed E-state index contributed by atoms with van der Waals surface area (Å²) in [6, 6.07) is 22.5. The zero-order valence-electron chi connectivity index (χ0n) is 23.2. The van der Waals surface area contributed by atoms with Crippen molar-refractivity contribution >= 4 is 20.6 Å². The van der Waals surface area contributed by atoms with Gasteiger partial charge in [-0.1, -0.05) is 18.6 Å². The van der Waals surface area contributed by atoms with Gasteiger partial charge in [0.2, 0.25) is 0 Å². The molecule has 4 aromatic carbocycles. The minimum absolute atomic E-state index is 0.141. The first-order valence-corrected chi connectivity index (χ1v) is 15.4. The fourth-order valence-electron chi connectivity index (χ4n) is 5.08. The molecule has 0 aliphatic carbocycles. The van der Waals surface area contributed by atoms with Crippen LogP contribution in [0.15, 0.2) is 77.7 Å². The van der Waals surface area contributed by atoms with Crippen LogP contribution < -0.4 is 18.9 Å². The lowest BCUT2D eigenvalue weighted by molar-refractivity contribution is 0.183. The number of rotatable bonds is 10. The van der Waals surface area contributed by atoms with Crippen LogP contribution in [-0.2, 0) is 9.84 Å². The molecule has 7 nitrogen and oxygen atoms in total. The molecule has 0 unspecified atom stereocenters. The van der Waals surface area contributed by atoms with Crippen LogP contribution in [0, 0.1) is 0 Å². The zero-order chi connectivity index (χ0) is 28.1. The van der Waals surface area contributed by atoms with Crippen molar-refractivity contribution in [1.29, 1.82) is 0 Å². The molecule has 0 N–H and O–H groups in total. The number of benzene rings is 4. The SMILES string of the molecule is COc1ccc2c(Oc3ccc(OCCN4CCCCC4)cc3)c(-c3ccc(S(C)(=O)=O)c(OC)c3)ccc2c1. The Morgan fingerprint density at radius 3 is 2.20 bits per heavy atom. The second kappa shape index (κ2) is 12.2. The molecule has 0 atom stereocenters. The summed E-state index contributed by atoms with van der Waals surface area (Å²) in [6.45, 7) is 3.89. The molecule has 0 radical (unpaired) electrons. The Bertz CT molecular complexity index is 1580. The summed E-state index contributed by atoms with van der Waals surface area (Å²) < 4.78 is 47.9. The van der Waals surface area contributed by atoms with Gasteiger partial charge < -0.3 is 18.9 Å². The zero-order valence-corrected chi connectivity index (χ0v) is 24.0. The highest BCUT2D eigenvalue weighted by Crippen LogP contribution is 2.42. The monoisotopic (exact) mass is 561 g/mol. The van der Waals surface area contributed by atoms with Crippen molar-refractivity contribution in [1.82, 2.24) is 4.90 Å². The number of likely N-dealkylation sites (tertiary alicyclic amines) is 1. The molecular formula is C32H35NO6S. The highest BCUT2D eigenvalue weighted by atomic mass is 32.2. The normalized spacial score (nSPS) is 14.2. The minimum Gasteiger partial charge on any atom is -0.497 e. The van der Waals surface area contributed by atoms with Crippen molar-refractivity contribution < 1.29 is 27.4 Å². The fraction of sp³-hybridized carbons (Fsp3) is 0.312. The smallest absolute Gasteiger partial charge is 0.179 e. The van der Waals surface area contributed by atoms with Crippen molar-refractivity contribution in [2.45, 2.75) is 24.2 Å². The number of piperidine rings is 1. The summed E-state index contributed by atoms with van der Waals surface area (Å²) in [5.41, 5.74) is 1.58. The number of fused-ring (bicyclic) bond motifs is 1. The topological polar surface area (TPSA) is 74.3 Å². The van der Waals surface area contributed by atoms with E-state index in [-0.39, 0.29) is 10.6 Å². The Morgan fingerprint density at radius 1 is 0.775 bits per heavy atom. The number of sulfone groups is 1. The van der Waals surface area contributed by atoms with Gasteiger partial charge in [-0.15, -0.1) is 0 Å². The van der Waals surface area contributed by atoms with Gasteiger partial charge in [-0.3, -0.25) is 4.90 Å². The van der Waals surface area contributed by atoms with E-state index < -0.39 is 9.84 Å². The van der Waals surface area contributed by atoms with Crippen molar-refractivity contribution in [3.05, 3.63) is 72.8 Å². The van der Waals surface area contributed by atoms with Crippen LogP contribution in [0.2, 0.25) is 0 Å². The van der Waals surface area contributed by atoms with E-state index in [2.05, 4.69) is 4.90 Å². The third-order valence-electron chi connectivity index (χ3n) is 7.22. The molecule has 0 saturated carbocycles. The van der Waals surface area contributed by atoms with Crippen molar-refractivity contribution in [2.24, 2.45) is 0 Å². The number of methoxy groups -OCH3 is 2. The first-order chi connectivity index (χ1) is 19.4. The Kier molecular flexibility index (Phi) is 8.47. The highest BCUT2D eigenvalue weighted by molar-refractivity contribution is 7.90. The summed E-state index contributed by atoms with van der Waals surface area (Å²) in [6.07, 6.45) is 5.03. The van der Waals surface area contributed by atoms with Gasteiger partial charge in [0.15, 0.2) is 9.84 Å². The Morgan fingerprint density at radius 2 is 1.50 bits per heavy atom. The molecule has 8 heteroatoms. The summed E-state index contributed by atoms with van der Waals surface area (Å²) >= 11 is 0. The number of nitrogens with zero attached hydrogens (tertiary/aromatic N) is 1. The maximum Gasteiger partial charge on any atom is 0.179 e. The standard InChI is InChI=1S/C32H35NO6S/c1-36-27-13-15-29-23(21-27)7-14-28(24-8-16-31(40(3,34)35)30(22-24)37-2)32(29)39-26-11-9-25(10-12-26)38-20-19-33-17-5-4-6-18-33/h7-16,21-22H,4-6,17-20H2,1-3H3. The molecule has 210 valence electrons. The molecular weight excluding hydrogens is 526 g/mol. The van der Waals surface area contributed by atoms with E-state index in [4.69, 9.17) is 18.9 Å². The van der Waals surface area contributed by atoms with Crippen LogP contribution in [0.5, 0.6) is 28.7 Å². The molecule has 0 amide bonds. The van der Waals surface area contributed by atoms with E-state index in [1.165, 1.54) is 32.6 Å². The number of hydrogen-bond donors (Lipinski definition) is 0. The third kappa shape index (κ3) is 6.35. The van der Waals surface area contributed by atoms with Crippen molar-refractivity contribution in [2.75, 3.05) is 46.7 Å². The molecule has 1 heterocycles. The first-order valence-electron chi connectivity index (χ1n) is 13.5. The molecule has 1 fully saturated rings. The van der Waals surface area contributed by atoms with E-state index in [0.29, 0.717) is 18.1 Å². The van der Waals surface area contributed by atoms with Gasteiger partial charge in [0, 0.05) is 23.8 Å². The molecule has 0 spiro atoms. The molecule has 1 aliphatic rings. The van der Waals surface area contributed by atoms with Crippen molar-refractivity contribution in [3.8, 4) is 39.9 Å². The van der Waals surface area contributed by atoms with Gasteiger partial charge in [-0.05, 0) is 97.5 Å². The van der Waals surface area contributed by atoms with Crippen LogP contribution in [0.1, 0.15) is 19.3 Å². The Labute approximate surface area is 236 Å². The Balaban J connectivity index is 1.44. The average Bonchev–Trinajstić information content (AvgIpc) is 2.97. The number of ether oxygens (including phenoxy) is 4. The van der Waals surface area contributed by atoms with E-state index in [9.17, 15) is 8.42 Å². The Hall–Kier alpha value is -3.75. The summed E-state index contributed by atoms with van der Waals surface area (Å²) in [4.78, 5) is 2.60. The molecule has 1 aliphatic heterocycles. The molecule has 40 heavy (non-hydrogen) atoms. The summed E-state index contributed by atoms with van der Waals surface area (Å²) in [5, 5.41) is 1.85. The van der Waals surface area contributed by atoms with Gasteiger partial charge >= 0.3 is 0 Å². The highest BCUT2D eigenvalue weighted by Gasteiger charge is 2.19. The molecule has 0 aromatic heterocycles. The second-order valence-electron chi connectivity index (χ2n) is 9.99. The molecule has 4 aromatic rings. The predicted molar refractivity (Wildman–Crippen MR) is 158 cm³/mol. The van der Waals surface area contributed by atoms with Crippen LogP contribution >= 0.6 is 0 Å². The van der Waals surface area contributed by atoms with E-state index >= 15 is 0 Å². The van der Waals surface area contributed by atoms with Crippen LogP contribution in [0.4, 0.5) is 0 Å². The fourth-order valence-corrected chi connectivity index (χ4v) is 5.91. The second-order valence-corrected chi connectivity index (χ2v) is 12.0. The number of hydrogen-bond acceptors (Lipinski definition) is 7. The van der Waals surface area contributed by atoms with E-state index in [1.807, 2.05) is 54.6 Å². The van der Waals surface area contributed by atoms with E-state index in [0.717, 1.165) is 53.0 Å². The first kappa shape index (κ1) is 27.8. The van der Waals surface area contributed by atoms with E-state index in [1.54, 1.807) is 25.3 Å². The summed E-state index contributed by atoms with van der Waals surface area (Å²) in [7, 11) is -0.344. The minimum atomic E-state index is -3.45. The van der Waals surface area contributed by atoms with Gasteiger partial charge in [0.25, 0.3) is 0 Å². The van der Waals surface area contributed by atoms with Crippen LogP contribution in [-0.4, -0.2) is 60.0 Å².